The van der Waals surface area contributed by atoms with Crippen molar-refractivity contribution < 1.29 is 28.6 Å². The molecule has 2 unspecified atom stereocenters. The molecule has 0 bridgehead atoms. The number of hydrogen-bond acceptors (Lipinski definition) is 6. The SMILES string of the molecule is CCOC(=O)OC(CC)OC(=O)C1CCn2c(C(=O)c3ccccc3)ccc21. The Morgan fingerprint density at radius 2 is 1.82 bits per heavy atom. The van der Waals surface area contributed by atoms with Gasteiger partial charge in [0.2, 0.25) is 5.78 Å². The molecule has 7 nitrogen and oxygen atoms in total. The number of benzene rings is 1. The number of aromatic nitrogens is 1. The Morgan fingerprint density at radius 3 is 2.50 bits per heavy atom. The van der Waals surface area contributed by atoms with Crippen LogP contribution in [0, 0.1) is 0 Å². The van der Waals surface area contributed by atoms with Crippen LogP contribution in [0.15, 0.2) is 42.5 Å². The van der Waals surface area contributed by atoms with Gasteiger partial charge in [0.05, 0.1) is 18.2 Å². The van der Waals surface area contributed by atoms with Crippen molar-refractivity contribution >= 4 is 17.9 Å². The minimum absolute atomic E-state index is 0.0852. The summed E-state index contributed by atoms with van der Waals surface area (Å²) in [5.41, 5.74) is 1.88. The Hall–Kier alpha value is -3.09. The quantitative estimate of drug-likeness (QED) is 0.411. The minimum Gasteiger partial charge on any atom is -0.435 e. The molecule has 28 heavy (non-hydrogen) atoms. The number of rotatable bonds is 7. The molecule has 2 atom stereocenters. The molecule has 0 saturated carbocycles. The Balaban J connectivity index is 1.71. The Kier molecular flexibility index (Phi) is 6.13. The van der Waals surface area contributed by atoms with Gasteiger partial charge in [-0.15, -0.1) is 0 Å². The molecule has 0 aliphatic carbocycles. The van der Waals surface area contributed by atoms with Crippen molar-refractivity contribution in [2.24, 2.45) is 0 Å². The summed E-state index contributed by atoms with van der Waals surface area (Å²) < 4.78 is 16.9. The van der Waals surface area contributed by atoms with Gasteiger partial charge < -0.3 is 18.8 Å². The van der Waals surface area contributed by atoms with Crippen LogP contribution in [0.2, 0.25) is 0 Å². The molecule has 0 fully saturated rings. The first kappa shape index (κ1) is 19.7. The average Bonchev–Trinajstić information content (AvgIpc) is 3.29. The van der Waals surface area contributed by atoms with Crippen molar-refractivity contribution in [3.63, 3.8) is 0 Å². The highest BCUT2D eigenvalue weighted by atomic mass is 16.8. The molecule has 2 aromatic rings. The third-order valence-corrected chi connectivity index (χ3v) is 4.64. The average molecular weight is 385 g/mol. The predicted octanol–water partition coefficient (Wildman–Crippen LogP) is 3.66. The summed E-state index contributed by atoms with van der Waals surface area (Å²) in [5, 5.41) is 0. The zero-order valence-corrected chi connectivity index (χ0v) is 15.9. The number of esters is 1. The molecule has 1 aliphatic heterocycles. The maximum atomic E-state index is 12.7. The summed E-state index contributed by atoms with van der Waals surface area (Å²) in [4.78, 5) is 36.8. The highest BCUT2D eigenvalue weighted by Gasteiger charge is 2.34. The maximum Gasteiger partial charge on any atom is 0.511 e. The van der Waals surface area contributed by atoms with E-state index in [9.17, 15) is 14.4 Å². The van der Waals surface area contributed by atoms with Gasteiger partial charge in [-0.2, -0.15) is 0 Å². The molecule has 0 saturated heterocycles. The minimum atomic E-state index is -0.999. The first-order chi connectivity index (χ1) is 13.5. The van der Waals surface area contributed by atoms with E-state index in [4.69, 9.17) is 14.2 Å². The Morgan fingerprint density at radius 1 is 1.07 bits per heavy atom. The van der Waals surface area contributed by atoms with Crippen LogP contribution in [0.3, 0.4) is 0 Å². The third kappa shape index (κ3) is 4.08. The normalized spacial score (nSPS) is 16.1. The molecule has 1 aliphatic rings. The predicted molar refractivity (Wildman–Crippen MR) is 99.9 cm³/mol. The van der Waals surface area contributed by atoms with Crippen molar-refractivity contribution in [1.29, 1.82) is 0 Å². The van der Waals surface area contributed by atoms with Crippen LogP contribution < -0.4 is 0 Å². The summed E-state index contributed by atoms with van der Waals surface area (Å²) >= 11 is 0. The number of fused-ring (bicyclic) bond motifs is 1. The van der Waals surface area contributed by atoms with E-state index in [-0.39, 0.29) is 12.4 Å². The van der Waals surface area contributed by atoms with E-state index in [0.717, 1.165) is 5.69 Å². The summed E-state index contributed by atoms with van der Waals surface area (Å²) in [7, 11) is 0. The largest absolute Gasteiger partial charge is 0.511 e. The van der Waals surface area contributed by atoms with Gasteiger partial charge in [-0.1, -0.05) is 37.3 Å². The molecule has 2 heterocycles. The second-order valence-electron chi connectivity index (χ2n) is 6.41. The van der Waals surface area contributed by atoms with Crippen LogP contribution in [0.5, 0.6) is 0 Å². The fraction of sp³-hybridized carbons (Fsp3) is 0.381. The molecular weight excluding hydrogens is 362 g/mol. The maximum absolute atomic E-state index is 12.7. The molecule has 0 radical (unpaired) electrons. The van der Waals surface area contributed by atoms with Crippen LogP contribution in [0.4, 0.5) is 4.79 Å². The van der Waals surface area contributed by atoms with Crippen LogP contribution in [0.25, 0.3) is 0 Å². The van der Waals surface area contributed by atoms with E-state index in [1.807, 2.05) is 22.8 Å². The lowest BCUT2D eigenvalue weighted by atomic mass is 10.1. The van der Waals surface area contributed by atoms with Crippen molar-refractivity contribution in [1.82, 2.24) is 4.57 Å². The fourth-order valence-corrected chi connectivity index (χ4v) is 3.28. The fourth-order valence-electron chi connectivity index (χ4n) is 3.28. The first-order valence-corrected chi connectivity index (χ1v) is 9.38. The molecule has 1 aromatic heterocycles. The van der Waals surface area contributed by atoms with Gasteiger partial charge in [-0.25, -0.2) is 4.79 Å². The van der Waals surface area contributed by atoms with Crippen LogP contribution in [0.1, 0.15) is 54.4 Å². The summed E-state index contributed by atoms with van der Waals surface area (Å²) in [6, 6.07) is 12.5. The second kappa shape index (κ2) is 8.73. The lowest BCUT2D eigenvalue weighted by Crippen LogP contribution is -2.27. The van der Waals surface area contributed by atoms with E-state index < -0.39 is 24.3 Å². The van der Waals surface area contributed by atoms with Crippen molar-refractivity contribution in [2.75, 3.05) is 6.61 Å². The van der Waals surface area contributed by atoms with Crippen LogP contribution in [-0.4, -0.2) is 35.4 Å². The van der Waals surface area contributed by atoms with Crippen LogP contribution in [-0.2, 0) is 25.5 Å². The van der Waals surface area contributed by atoms with Gasteiger partial charge in [-0.3, -0.25) is 9.59 Å². The molecule has 148 valence electrons. The molecular formula is C21H23NO6. The molecule has 1 aromatic carbocycles. The summed E-state index contributed by atoms with van der Waals surface area (Å²) in [6.07, 6.45) is -1.02. The van der Waals surface area contributed by atoms with Crippen molar-refractivity contribution in [3.8, 4) is 0 Å². The number of carbonyl (C=O) groups is 3. The topological polar surface area (TPSA) is 83.8 Å². The Bertz CT molecular complexity index is 857. The van der Waals surface area contributed by atoms with Crippen molar-refractivity contribution in [3.05, 3.63) is 59.4 Å². The van der Waals surface area contributed by atoms with Gasteiger partial charge in [0, 0.05) is 24.2 Å². The lowest BCUT2D eigenvalue weighted by Gasteiger charge is -2.18. The standard InChI is InChI=1S/C21H23NO6/c1-3-18(28-21(25)26-4-2)27-20(24)15-12-13-22-16(15)10-11-17(22)19(23)14-8-6-5-7-9-14/h5-11,15,18H,3-4,12-13H2,1-2H3. The molecule has 0 spiro atoms. The van der Waals surface area contributed by atoms with Gasteiger partial charge in [0.15, 0.2) is 0 Å². The van der Waals surface area contributed by atoms with Crippen molar-refractivity contribution in [2.45, 2.75) is 45.4 Å². The number of carbonyl (C=O) groups excluding carboxylic acids is 3. The van der Waals surface area contributed by atoms with Gasteiger partial charge >= 0.3 is 12.1 Å². The van der Waals surface area contributed by atoms with Gasteiger partial charge in [0.1, 0.15) is 0 Å². The first-order valence-electron chi connectivity index (χ1n) is 9.38. The third-order valence-electron chi connectivity index (χ3n) is 4.64. The lowest BCUT2D eigenvalue weighted by molar-refractivity contribution is -0.173. The van der Waals surface area contributed by atoms with Gasteiger partial charge in [-0.05, 0) is 25.5 Å². The number of nitrogens with zero attached hydrogens (tertiary/aromatic N) is 1. The summed E-state index contributed by atoms with van der Waals surface area (Å²) in [6.45, 7) is 4.13. The molecule has 0 N–H and O–H groups in total. The second-order valence-corrected chi connectivity index (χ2v) is 6.41. The highest BCUT2D eigenvalue weighted by Crippen LogP contribution is 2.32. The van der Waals surface area contributed by atoms with E-state index >= 15 is 0 Å². The Labute approximate surface area is 163 Å². The van der Waals surface area contributed by atoms with Crippen LogP contribution >= 0.6 is 0 Å². The number of ether oxygens (including phenoxy) is 3. The zero-order chi connectivity index (χ0) is 20.1. The smallest absolute Gasteiger partial charge is 0.435 e. The number of hydrogen-bond donors (Lipinski definition) is 0. The van der Waals surface area contributed by atoms with E-state index in [0.29, 0.717) is 30.6 Å². The molecule has 7 heteroatoms. The molecule has 3 rings (SSSR count). The number of ketones is 1. The van der Waals surface area contributed by atoms with E-state index in [1.165, 1.54) is 0 Å². The monoisotopic (exact) mass is 385 g/mol. The van der Waals surface area contributed by atoms with E-state index in [2.05, 4.69) is 0 Å². The highest BCUT2D eigenvalue weighted by molar-refractivity contribution is 6.08. The molecule has 0 amide bonds. The van der Waals surface area contributed by atoms with Gasteiger partial charge in [0.25, 0.3) is 6.29 Å². The van der Waals surface area contributed by atoms with E-state index in [1.54, 1.807) is 38.1 Å². The zero-order valence-electron chi connectivity index (χ0n) is 15.9. The summed E-state index contributed by atoms with van der Waals surface area (Å²) in [5.74, 6) is -1.07.